The Bertz CT molecular complexity index is 1010. The molecule has 0 saturated carbocycles. The van der Waals surface area contributed by atoms with Gasteiger partial charge in [0.25, 0.3) is 5.91 Å². The normalized spacial score (nSPS) is 17.2. The van der Waals surface area contributed by atoms with Crippen molar-refractivity contribution in [1.82, 2.24) is 20.0 Å². The Labute approximate surface area is 183 Å². The molecule has 3 aromatic rings. The molecule has 1 N–H and O–H groups in total. The number of benzene rings is 1. The molecule has 164 valence electrons. The van der Waals surface area contributed by atoms with Crippen molar-refractivity contribution in [3.05, 3.63) is 60.0 Å². The third kappa shape index (κ3) is 5.24. The number of morpholine rings is 1. The van der Waals surface area contributed by atoms with E-state index >= 15 is 0 Å². The molecule has 1 saturated heterocycles. The fraction of sp³-hybridized carbons (Fsp3) is 0.417. The number of carbonyl (C=O) groups excluding carboxylic acids is 1. The molecule has 2 aromatic heterocycles. The summed E-state index contributed by atoms with van der Waals surface area (Å²) in [5, 5.41) is 7.69. The quantitative estimate of drug-likeness (QED) is 0.631. The second-order valence-corrected chi connectivity index (χ2v) is 8.44. The van der Waals surface area contributed by atoms with Crippen molar-refractivity contribution in [2.75, 3.05) is 32.8 Å². The van der Waals surface area contributed by atoms with Gasteiger partial charge in [0, 0.05) is 32.4 Å². The van der Waals surface area contributed by atoms with Gasteiger partial charge in [-0.3, -0.25) is 9.69 Å². The summed E-state index contributed by atoms with van der Waals surface area (Å²) in [6.45, 7) is 10.3. The predicted molar refractivity (Wildman–Crippen MR) is 119 cm³/mol. The van der Waals surface area contributed by atoms with Crippen molar-refractivity contribution in [2.45, 2.75) is 26.9 Å². The highest BCUT2D eigenvalue weighted by atomic mass is 16.5. The van der Waals surface area contributed by atoms with Gasteiger partial charge in [-0.15, -0.1) is 0 Å². The van der Waals surface area contributed by atoms with Gasteiger partial charge in [0.05, 0.1) is 24.0 Å². The molecule has 0 radical (unpaired) electrons. The lowest BCUT2D eigenvalue weighted by molar-refractivity contribution is -0.0295. The van der Waals surface area contributed by atoms with Crippen LogP contribution < -0.4 is 5.32 Å². The van der Waals surface area contributed by atoms with E-state index in [0.717, 1.165) is 31.1 Å². The van der Waals surface area contributed by atoms with E-state index in [-0.39, 0.29) is 12.0 Å². The maximum Gasteiger partial charge on any atom is 0.255 e. The molecule has 1 aromatic carbocycles. The lowest BCUT2D eigenvalue weighted by Crippen LogP contribution is -2.48. The highest BCUT2D eigenvalue weighted by molar-refractivity contribution is 5.99. The number of para-hydroxylation sites is 1. The zero-order valence-electron chi connectivity index (χ0n) is 18.4. The van der Waals surface area contributed by atoms with Crippen LogP contribution in [-0.4, -0.2) is 59.5 Å². The molecule has 7 heteroatoms. The summed E-state index contributed by atoms with van der Waals surface area (Å²) < 4.78 is 13.4. The van der Waals surface area contributed by atoms with Crippen LogP contribution in [0.15, 0.2) is 53.1 Å². The predicted octanol–water partition coefficient (Wildman–Crippen LogP) is 3.53. The molecule has 1 amide bonds. The van der Waals surface area contributed by atoms with Gasteiger partial charge in [-0.1, -0.05) is 32.0 Å². The fourth-order valence-corrected chi connectivity index (χ4v) is 3.88. The topological polar surface area (TPSA) is 72.5 Å². The van der Waals surface area contributed by atoms with E-state index in [1.54, 1.807) is 10.9 Å². The first-order valence-corrected chi connectivity index (χ1v) is 10.8. The van der Waals surface area contributed by atoms with E-state index in [1.807, 2.05) is 49.4 Å². The van der Waals surface area contributed by atoms with Crippen LogP contribution in [-0.2, 0) is 4.74 Å². The van der Waals surface area contributed by atoms with Crippen LogP contribution in [0.4, 0.5) is 0 Å². The first kappa shape index (κ1) is 21.3. The molecule has 1 aliphatic rings. The second-order valence-electron chi connectivity index (χ2n) is 8.44. The van der Waals surface area contributed by atoms with Gasteiger partial charge in [-0.05, 0) is 37.1 Å². The molecular weight excluding hydrogens is 392 g/mol. The van der Waals surface area contributed by atoms with E-state index in [9.17, 15) is 4.79 Å². The van der Waals surface area contributed by atoms with Crippen molar-refractivity contribution in [3.8, 4) is 17.1 Å². The highest BCUT2D eigenvalue weighted by Crippen LogP contribution is 2.25. The number of amides is 1. The smallest absolute Gasteiger partial charge is 0.255 e. The average molecular weight is 423 g/mol. The summed E-state index contributed by atoms with van der Waals surface area (Å²) >= 11 is 0. The summed E-state index contributed by atoms with van der Waals surface area (Å²) in [6, 6.07) is 13.4. The van der Waals surface area contributed by atoms with Crippen LogP contribution in [0.1, 0.15) is 30.0 Å². The zero-order chi connectivity index (χ0) is 21.8. The van der Waals surface area contributed by atoms with Crippen LogP contribution in [0.3, 0.4) is 0 Å². The van der Waals surface area contributed by atoms with Gasteiger partial charge in [-0.2, -0.15) is 5.10 Å². The molecule has 0 spiro atoms. The number of aromatic nitrogens is 2. The standard InChI is InChI=1S/C24H30N4O3/c1-17(2)14-27-11-12-30-20(15-27)13-25-24(29)21-16-28(19-7-5-4-6-8-19)26-23(21)22-10-9-18(3)31-22/h4-10,16-17,20H,11-15H2,1-3H3,(H,25,29). The molecule has 7 nitrogen and oxygen atoms in total. The van der Waals surface area contributed by atoms with Gasteiger partial charge in [-0.25, -0.2) is 4.68 Å². The number of nitrogens with one attached hydrogen (secondary N) is 1. The summed E-state index contributed by atoms with van der Waals surface area (Å²) in [4.78, 5) is 15.5. The number of aryl methyl sites for hydroxylation is 1. The molecule has 1 unspecified atom stereocenters. The Morgan fingerprint density at radius 3 is 2.74 bits per heavy atom. The van der Waals surface area contributed by atoms with Crippen molar-refractivity contribution in [3.63, 3.8) is 0 Å². The van der Waals surface area contributed by atoms with Crippen LogP contribution in [0.5, 0.6) is 0 Å². The molecule has 1 atom stereocenters. The van der Waals surface area contributed by atoms with E-state index in [1.165, 1.54) is 0 Å². The monoisotopic (exact) mass is 422 g/mol. The summed E-state index contributed by atoms with van der Waals surface area (Å²) in [5.74, 6) is 1.78. The van der Waals surface area contributed by atoms with Gasteiger partial charge < -0.3 is 14.5 Å². The molecule has 4 rings (SSSR count). The number of furan rings is 1. The minimum atomic E-state index is -0.184. The number of hydrogen-bond donors (Lipinski definition) is 1. The van der Waals surface area contributed by atoms with Gasteiger partial charge in [0.2, 0.25) is 0 Å². The molecule has 3 heterocycles. The molecule has 1 aliphatic heterocycles. The number of rotatable bonds is 7. The van der Waals surface area contributed by atoms with Crippen LogP contribution in [0.25, 0.3) is 17.1 Å². The SMILES string of the molecule is Cc1ccc(-c2nn(-c3ccccc3)cc2C(=O)NCC2CN(CC(C)C)CCO2)o1. The maximum absolute atomic E-state index is 13.1. The third-order valence-electron chi connectivity index (χ3n) is 5.29. The lowest BCUT2D eigenvalue weighted by atomic mass is 10.1. The van der Waals surface area contributed by atoms with Crippen molar-refractivity contribution < 1.29 is 13.9 Å². The number of nitrogens with zero attached hydrogens (tertiary/aromatic N) is 3. The Kier molecular flexibility index (Phi) is 6.53. The first-order chi connectivity index (χ1) is 15.0. The third-order valence-corrected chi connectivity index (χ3v) is 5.29. The zero-order valence-corrected chi connectivity index (χ0v) is 18.4. The van der Waals surface area contributed by atoms with E-state index in [2.05, 4.69) is 29.2 Å². The fourth-order valence-electron chi connectivity index (χ4n) is 3.88. The molecule has 0 bridgehead atoms. The molecular formula is C24H30N4O3. The molecule has 0 aliphatic carbocycles. The first-order valence-electron chi connectivity index (χ1n) is 10.8. The maximum atomic E-state index is 13.1. The van der Waals surface area contributed by atoms with Crippen LogP contribution in [0, 0.1) is 12.8 Å². The largest absolute Gasteiger partial charge is 0.460 e. The van der Waals surface area contributed by atoms with Crippen molar-refractivity contribution in [2.24, 2.45) is 5.92 Å². The van der Waals surface area contributed by atoms with Crippen LogP contribution in [0.2, 0.25) is 0 Å². The Hall–Kier alpha value is -2.90. The van der Waals surface area contributed by atoms with Gasteiger partial charge in [0.15, 0.2) is 5.76 Å². The van der Waals surface area contributed by atoms with E-state index in [0.29, 0.717) is 36.1 Å². The molecule has 31 heavy (non-hydrogen) atoms. The number of hydrogen-bond acceptors (Lipinski definition) is 5. The summed E-state index contributed by atoms with van der Waals surface area (Å²) in [6.07, 6.45) is 1.74. The number of ether oxygens (including phenoxy) is 1. The minimum absolute atomic E-state index is 0.0186. The van der Waals surface area contributed by atoms with E-state index in [4.69, 9.17) is 9.15 Å². The van der Waals surface area contributed by atoms with Gasteiger partial charge in [0.1, 0.15) is 11.5 Å². The minimum Gasteiger partial charge on any atom is -0.460 e. The lowest BCUT2D eigenvalue weighted by Gasteiger charge is -2.33. The van der Waals surface area contributed by atoms with Crippen LogP contribution >= 0.6 is 0 Å². The Balaban J connectivity index is 1.51. The molecule has 1 fully saturated rings. The van der Waals surface area contributed by atoms with Crippen molar-refractivity contribution >= 4 is 5.91 Å². The van der Waals surface area contributed by atoms with E-state index < -0.39 is 0 Å². The average Bonchev–Trinajstić information content (AvgIpc) is 3.39. The summed E-state index contributed by atoms with van der Waals surface area (Å²) in [5.41, 5.74) is 1.89. The number of carbonyl (C=O) groups is 1. The Morgan fingerprint density at radius 1 is 1.23 bits per heavy atom. The Morgan fingerprint density at radius 2 is 2.03 bits per heavy atom. The second kappa shape index (κ2) is 9.49. The summed E-state index contributed by atoms with van der Waals surface area (Å²) in [7, 11) is 0. The van der Waals surface area contributed by atoms with Crippen molar-refractivity contribution in [1.29, 1.82) is 0 Å². The highest BCUT2D eigenvalue weighted by Gasteiger charge is 2.24. The van der Waals surface area contributed by atoms with Gasteiger partial charge >= 0.3 is 0 Å².